The Kier molecular flexibility index (Phi) is 5.63. The standard InChI is InChI=1S/C11H20N6O3/c1-2-3-6-17-8(12)7(9(18)16-11(17)20)14-4-5-15-10(13)19/h14H,2-6,12H2,1H3,(H3,13,15,19)(H,16,18,20). The van der Waals surface area contributed by atoms with Gasteiger partial charge in [0.25, 0.3) is 5.56 Å². The van der Waals surface area contributed by atoms with Crippen molar-refractivity contribution < 1.29 is 4.79 Å². The Bertz CT molecular complexity index is 577. The van der Waals surface area contributed by atoms with Gasteiger partial charge in [-0.25, -0.2) is 9.59 Å². The van der Waals surface area contributed by atoms with E-state index in [1.165, 1.54) is 4.57 Å². The van der Waals surface area contributed by atoms with Crippen molar-refractivity contribution >= 4 is 17.5 Å². The quantitative estimate of drug-likeness (QED) is 0.407. The van der Waals surface area contributed by atoms with Crippen LogP contribution in [-0.4, -0.2) is 28.7 Å². The minimum atomic E-state index is -0.651. The molecule has 7 N–H and O–H groups in total. The number of aromatic amines is 1. The van der Waals surface area contributed by atoms with Gasteiger partial charge >= 0.3 is 11.7 Å². The summed E-state index contributed by atoms with van der Waals surface area (Å²) in [5.74, 6) is 0.0891. The molecule has 0 aliphatic rings. The normalized spacial score (nSPS) is 10.2. The Morgan fingerprint density at radius 2 is 2.05 bits per heavy atom. The van der Waals surface area contributed by atoms with Gasteiger partial charge in [0, 0.05) is 19.6 Å². The number of nitrogens with two attached hydrogens (primary N) is 2. The molecule has 20 heavy (non-hydrogen) atoms. The highest BCUT2D eigenvalue weighted by Gasteiger charge is 2.11. The van der Waals surface area contributed by atoms with Crippen LogP contribution in [0.5, 0.6) is 0 Å². The predicted octanol–water partition coefficient (Wildman–Crippen LogP) is -1.00. The summed E-state index contributed by atoms with van der Waals surface area (Å²) in [5, 5.41) is 5.15. The molecular weight excluding hydrogens is 264 g/mol. The number of carbonyl (C=O) groups excluding carboxylic acids is 1. The van der Waals surface area contributed by atoms with Crippen LogP contribution in [0.4, 0.5) is 16.3 Å². The van der Waals surface area contributed by atoms with Crippen molar-refractivity contribution in [2.45, 2.75) is 26.3 Å². The first-order valence-electron chi connectivity index (χ1n) is 6.37. The highest BCUT2D eigenvalue weighted by Crippen LogP contribution is 2.10. The zero-order valence-corrected chi connectivity index (χ0v) is 11.4. The van der Waals surface area contributed by atoms with Crippen molar-refractivity contribution in [1.29, 1.82) is 0 Å². The molecule has 0 saturated heterocycles. The number of nitrogens with zero attached hydrogens (tertiary/aromatic N) is 1. The van der Waals surface area contributed by atoms with E-state index in [-0.39, 0.29) is 24.6 Å². The average Bonchev–Trinajstić information content (AvgIpc) is 2.37. The molecule has 0 spiro atoms. The van der Waals surface area contributed by atoms with Crippen LogP contribution in [0.1, 0.15) is 19.8 Å². The maximum Gasteiger partial charge on any atom is 0.330 e. The first-order valence-corrected chi connectivity index (χ1v) is 6.37. The SMILES string of the molecule is CCCCn1c(N)c(NCCNC(N)=O)c(=O)[nH]c1=O. The van der Waals surface area contributed by atoms with Crippen LogP contribution < -0.4 is 33.3 Å². The Labute approximate surface area is 115 Å². The number of H-pyrrole nitrogens is 1. The summed E-state index contributed by atoms with van der Waals surface area (Å²) in [6, 6.07) is -0.651. The van der Waals surface area contributed by atoms with E-state index in [9.17, 15) is 14.4 Å². The lowest BCUT2D eigenvalue weighted by Gasteiger charge is -2.13. The molecule has 2 amide bonds. The third-order valence-electron chi connectivity index (χ3n) is 2.70. The molecule has 1 aromatic heterocycles. The molecule has 9 nitrogen and oxygen atoms in total. The molecule has 1 aromatic rings. The van der Waals surface area contributed by atoms with Gasteiger partial charge in [-0.2, -0.15) is 0 Å². The maximum absolute atomic E-state index is 11.7. The third-order valence-corrected chi connectivity index (χ3v) is 2.70. The van der Waals surface area contributed by atoms with Gasteiger partial charge in [0.05, 0.1) is 0 Å². The van der Waals surface area contributed by atoms with Gasteiger partial charge in [-0.05, 0) is 6.42 Å². The second-order valence-corrected chi connectivity index (χ2v) is 4.24. The van der Waals surface area contributed by atoms with Gasteiger partial charge in [0.1, 0.15) is 11.5 Å². The number of amides is 2. The minimum absolute atomic E-state index is 0.0891. The fourth-order valence-corrected chi connectivity index (χ4v) is 1.67. The molecule has 112 valence electrons. The molecule has 1 heterocycles. The van der Waals surface area contributed by atoms with Crippen LogP contribution in [0.25, 0.3) is 0 Å². The lowest BCUT2D eigenvalue weighted by Crippen LogP contribution is -2.36. The van der Waals surface area contributed by atoms with E-state index in [0.29, 0.717) is 6.54 Å². The van der Waals surface area contributed by atoms with E-state index in [1.54, 1.807) is 0 Å². The van der Waals surface area contributed by atoms with Crippen LogP contribution in [-0.2, 0) is 6.54 Å². The molecule has 0 aliphatic carbocycles. The lowest BCUT2D eigenvalue weighted by atomic mass is 10.3. The number of hydrogen-bond acceptors (Lipinski definition) is 5. The molecule has 9 heteroatoms. The van der Waals surface area contributed by atoms with Crippen LogP contribution in [0.2, 0.25) is 0 Å². The Hall–Kier alpha value is -2.45. The van der Waals surface area contributed by atoms with Crippen LogP contribution in [0.15, 0.2) is 9.59 Å². The Balaban J connectivity index is 2.87. The smallest absolute Gasteiger partial charge is 0.330 e. The summed E-state index contributed by atoms with van der Waals surface area (Å²) in [6.45, 7) is 2.93. The number of anilines is 2. The summed E-state index contributed by atoms with van der Waals surface area (Å²) >= 11 is 0. The summed E-state index contributed by atoms with van der Waals surface area (Å²) in [7, 11) is 0. The van der Waals surface area contributed by atoms with E-state index in [1.807, 2.05) is 6.92 Å². The molecule has 0 radical (unpaired) electrons. The molecule has 0 unspecified atom stereocenters. The molecule has 0 aliphatic heterocycles. The van der Waals surface area contributed by atoms with E-state index in [4.69, 9.17) is 11.5 Å². The van der Waals surface area contributed by atoms with Gasteiger partial charge in [0.15, 0.2) is 0 Å². The largest absolute Gasteiger partial charge is 0.383 e. The zero-order chi connectivity index (χ0) is 15.1. The topological polar surface area (TPSA) is 148 Å². The van der Waals surface area contributed by atoms with Gasteiger partial charge < -0.3 is 22.1 Å². The van der Waals surface area contributed by atoms with E-state index in [2.05, 4.69) is 15.6 Å². The monoisotopic (exact) mass is 284 g/mol. The van der Waals surface area contributed by atoms with Crippen molar-refractivity contribution in [3.8, 4) is 0 Å². The van der Waals surface area contributed by atoms with Crippen molar-refractivity contribution in [2.75, 3.05) is 24.1 Å². The summed E-state index contributed by atoms with van der Waals surface area (Å²) in [6.07, 6.45) is 1.68. The number of hydrogen-bond donors (Lipinski definition) is 5. The molecular formula is C11H20N6O3. The number of unbranched alkanes of at least 4 members (excludes halogenated alkanes) is 1. The first-order chi connectivity index (χ1) is 9.47. The van der Waals surface area contributed by atoms with E-state index < -0.39 is 17.3 Å². The predicted molar refractivity (Wildman–Crippen MR) is 76.7 cm³/mol. The molecule has 0 aromatic carbocycles. The van der Waals surface area contributed by atoms with Crippen molar-refractivity contribution in [3.63, 3.8) is 0 Å². The Morgan fingerprint density at radius 3 is 2.65 bits per heavy atom. The lowest BCUT2D eigenvalue weighted by molar-refractivity contribution is 0.249. The Morgan fingerprint density at radius 1 is 1.35 bits per heavy atom. The number of rotatable bonds is 7. The van der Waals surface area contributed by atoms with Crippen LogP contribution >= 0.6 is 0 Å². The molecule has 0 fully saturated rings. The summed E-state index contributed by atoms with van der Waals surface area (Å²) < 4.78 is 1.31. The van der Waals surface area contributed by atoms with E-state index in [0.717, 1.165) is 12.8 Å². The number of urea groups is 1. The second-order valence-electron chi connectivity index (χ2n) is 4.24. The first kappa shape index (κ1) is 15.6. The van der Waals surface area contributed by atoms with Crippen molar-refractivity contribution in [2.24, 2.45) is 5.73 Å². The highest BCUT2D eigenvalue weighted by molar-refractivity contribution is 5.71. The highest BCUT2D eigenvalue weighted by atomic mass is 16.2. The van der Waals surface area contributed by atoms with Gasteiger partial charge in [0.2, 0.25) is 0 Å². The maximum atomic E-state index is 11.7. The summed E-state index contributed by atoms with van der Waals surface area (Å²) in [5.41, 5.74) is 9.76. The van der Waals surface area contributed by atoms with Crippen LogP contribution in [0, 0.1) is 0 Å². The number of nitrogen functional groups attached to an aromatic ring is 1. The molecule has 0 bridgehead atoms. The fourth-order valence-electron chi connectivity index (χ4n) is 1.67. The zero-order valence-electron chi connectivity index (χ0n) is 11.4. The van der Waals surface area contributed by atoms with Crippen molar-refractivity contribution in [3.05, 3.63) is 20.8 Å². The third kappa shape index (κ3) is 4.04. The summed E-state index contributed by atoms with van der Waals surface area (Å²) in [4.78, 5) is 36.1. The fraction of sp³-hybridized carbons (Fsp3) is 0.545. The van der Waals surface area contributed by atoms with Gasteiger partial charge in [-0.1, -0.05) is 13.3 Å². The number of carbonyl (C=O) groups is 1. The van der Waals surface area contributed by atoms with Crippen molar-refractivity contribution in [1.82, 2.24) is 14.9 Å². The van der Waals surface area contributed by atoms with Crippen LogP contribution in [0.3, 0.4) is 0 Å². The van der Waals surface area contributed by atoms with E-state index >= 15 is 0 Å². The van der Waals surface area contributed by atoms with Gasteiger partial charge in [-0.3, -0.25) is 14.3 Å². The molecule has 0 atom stereocenters. The molecule has 0 saturated carbocycles. The number of nitrogens with one attached hydrogen (secondary N) is 3. The number of aromatic nitrogens is 2. The minimum Gasteiger partial charge on any atom is -0.383 e. The van der Waals surface area contributed by atoms with Gasteiger partial charge in [-0.15, -0.1) is 0 Å². The molecule has 1 rings (SSSR count). The second kappa shape index (κ2) is 7.22. The average molecular weight is 284 g/mol. The number of primary amides is 1.